The van der Waals surface area contributed by atoms with Gasteiger partial charge in [0.15, 0.2) is 0 Å². The number of aryl methyl sites for hydroxylation is 1. The lowest BCUT2D eigenvalue weighted by Crippen LogP contribution is -2.40. The fourth-order valence-electron chi connectivity index (χ4n) is 2.53. The summed E-state index contributed by atoms with van der Waals surface area (Å²) in [5, 5.41) is 13.6. The number of nitro benzene ring substituents is 1. The summed E-state index contributed by atoms with van der Waals surface area (Å²) in [5.41, 5.74) is 0.961. The maximum atomic E-state index is 12.0. The Morgan fingerprint density at radius 1 is 1.29 bits per heavy atom. The second-order valence-corrected chi connectivity index (χ2v) is 5.50. The number of benzene rings is 1. The Kier molecular flexibility index (Phi) is 6.25. The van der Waals surface area contributed by atoms with E-state index in [-0.39, 0.29) is 30.3 Å². The number of hydrogen-bond donors (Lipinski definition) is 1. The van der Waals surface area contributed by atoms with Crippen LogP contribution in [0.3, 0.4) is 0 Å². The van der Waals surface area contributed by atoms with Gasteiger partial charge in [0, 0.05) is 43.2 Å². The van der Waals surface area contributed by atoms with Crippen LogP contribution in [0.15, 0.2) is 18.2 Å². The molecule has 1 aliphatic rings. The lowest BCUT2D eigenvalue weighted by Gasteiger charge is -2.26. The van der Waals surface area contributed by atoms with Gasteiger partial charge < -0.3 is 15.0 Å². The van der Waals surface area contributed by atoms with E-state index in [4.69, 9.17) is 4.74 Å². The highest BCUT2D eigenvalue weighted by atomic mass is 16.6. The lowest BCUT2D eigenvalue weighted by molar-refractivity contribution is -0.385. The Morgan fingerprint density at radius 3 is 2.62 bits per heavy atom. The van der Waals surface area contributed by atoms with E-state index < -0.39 is 4.92 Å². The van der Waals surface area contributed by atoms with E-state index in [9.17, 15) is 19.7 Å². The number of anilines is 1. The summed E-state index contributed by atoms with van der Waals surface area (Å²) < 4.78 is 5.18. The molecule has 1 N–H and O–H groups in total. The van der Waals surface area contributed by atoms with E-state index in [1.54, 1.807) is 17.0 Å². The maximum absolute atomic E-state index is 12.0. The van der Waals surface area contributed by atoms with E-state index in [1.807, 2.05) is 6.92 Å². The molecule has 0 aromatic heterocycles. The summed E-state index contributed by atoms with van der Waals surface area (Å²) in [5.74, 6) is -0.420. The molecule has 2 rings (SSSR count). The van der Waals surface area contributed by atoms with Gasteiger partial charge in [0.1, 0.15) is 0 Å². The topological polar surface area (TPSA) is 102 Å². The Balaban J connectivity index is 1.89. The minimum Gasteiger partial charge on any atom is -0.378 e. The van der Waals surface area contributed by atoms with Crippen molar-refractivity contribution in [2.75, 3.05) is 31.6 Å². The maximum Gasteiger partial charge on any atom is 0.274 e. The van der Waals surface area contributed by atoms with Crippen molar-refractivity contribution in [2.24, 2.45) is 0 Å². The van der Waals surface area contributed by atoms with Gasteiger partial charge in [-0.25, -0.2) is 0 Å². The fraction of sp³-hybridized carbons (Fsp3) is 0.500. The zero-order valence-electron chi connectivity index (χ0n) is 13.6. The van der Waals surface area contributed by atoms with Crippen molar-refractivity contribution in [1.82, 2.24) is 4.90 Å². The molecule has 1 aromatic rings. The first-order valence-corrected chi connectivity index (χ1v) is 7.94. The molecule has 1 heterocycles. The summed E-state index contributed by atoms with van der Waals surface area (Å²) >= 11 is 0. The molecular formula is C16H21N3O5. The molecule has 1 fully saturated rings. The van der Waals surface area contributed by atoms with Crippen LogP contribution in [0.1, 0.15) is 25.3 Å². The van der Waals surface area contributed by atoms with E-state index in [0.717, 1.165) is 0 Å². The fourth-order valence-corrected chi connectivity index (χ4v) is 2.53. The molecule has 8 heteroatoms. The van der Waals surface area contributed by atoms with Gasteiger partial charge in [-0.2, -0.15) is 0 Å². The molecule has 1 aliphatic heterocycles. The van der Waals surface area contributed by atoms with E-state index in [2.05, 4.69) is 5.32 Å². The molecule has 1 aromatic carbocycles. The minimum atomic E-state index is -0.462. The summed E-state index contributed by atoms with van der Waals surface area (Å²) in [6.07, 6.45) is 0.694. The van der Waals surface area contributed by atoms with Crippen molar-refractivity contribution in [3.05, 3.63) is 33.9 Å². The number of nitro groups is 1. The number of carbonyl (C=O) groups excluding carboxylic acids is 2. The van der Waals surface area contributed by atoms with Gasteiger partial charge in [-0.3, -0.25) is 19.7 Å². The number of nitrogens with zero attached hydrogens (tertiary/aromatic N) is 2. The molecule has 0 bridgehead atoms. The average molecular weight is 335 g/mol. The molecule has 0 unspecified atom stereocenters. The normalized spacial score (nSPS) is 14.3. The van der Waals surface area contributed by atoms with Crippen LogP contribution in [0.4, 0.5) is 11.4 Å². The van der Waals surface area contributed by atoms with Crippen LogP contribution in [-0.4, -0.2) is 47.9 Å². The Bertz CT molecular complexity index is 626. The first-order valence-electron chi connectivity index (χ1n) is 7.94. The Morgan fingerprint density at radius 2 is 2.00 bits per heavy atom. The van der Waals surface area contributed by atoms with E-state index in [0.29, 0.717) is 44.0 Å². The minimum absolute atomic E-state index is 0.0142. The van der Waals surface area contributed by atoms with Crippen LogP contribution < -0.4 is 5.32 Å². The molecule has 2 amide bonds. The van der Waals surface area contributed by atoms with Gasteiger partial charge >= 0.3 is 0 Å². The third kappa shape index (κ3) is 4.76. The van der Waals surface area contributed by atoms with Crippen LogP contribution in [0.2, 0.25) is 0 Å². The molecule has 0 atom stereocenters. The van der Waals surface area contributed by atoms with Gasteiger partial charge in [0.25, 0.3) is 5.69 Å². The van der Waals surface area contributed by atoms with Crippen molar-refractivity contribution in [2.45, 2.75) is 26.2 Å². The number of carbonyl (C=O) groups is 2. The third-order valence-corrected chi connectivity index (χ3v) is 3.88. The SMILES string of the molecule is CCc1ccc(NC(=O)CCC(=O)N2CCOCC2)cc1[N+](=O)[O-]. The molecule has 0 spiro atoms. The van der Waals surface area contributed by atoms with Crippen molar-refractivity contribution in [3.8, 4) is 0 Å². The number of amides is 2. The average Bonchev–Trinajstić information content (AvgIpc) is 2.60. The first kappa shape index (κ1) is 17.9. The van der Waals surface area contributed by atoms with Crippen LogP contribution in [-0.2, 0) is 20.7 Å². The molecule has 8 nitrogen and oxygen atoms in total. The summed E-state index contributed by atoms with van der Waals surface area (Å²) in [6, 6.07) is 4.61. The summed E-state index contributed by atoms with van der Waals surface area (Å²) in [7, 11) is 0. The van der Waals surface area contributed by atoms with Crippen LogP contribution in [0.5, 0.6) is 0 Å². The van der Waals surface area contributed by atoms with Crippen molar-refractivity contribution < 1.29 is 19.2 Å². The second kappa shape index (κ2) is 8.39. The van der Waals surface area contributed by atoms with Gasteiger partial charge in [-0.05, 0) is 12.5 Å². The highest BCUT2D eigenvalue weighted by molar-refractivity contribution is 5.93. The van der Waals surface area contributed by atoms with Gasteiger partial charge in [0.2, 0.25) is 11.8 Å². The molecule has 0 radical (unpaired) electrons. The van der Waals surface area contributed by atoms with E-state index in [1.165, 1.54) is 6.07 Å². The third-order valence-electron chi connectivity index (χ3n) is 3.88. The highest BCUT2D eigenvalue weighted by Crippen LogP contribution is 2.23. The molecule has 130 valence electrons. The monoisotopic (exact) mass is 335 g/mol. The molecule has 0 saturated carbocycles. The number of hydrogen-bond acceptors (Lipinski definition) is 5. The first-order chi connectivity index (χ1) is 11.5. The smallest absolute Gasteiger partial charge is 0.274 e. The van der Waals surface area contributed by atoms with Crippen LogP contribution in [0, 0.1) is 10.1 Å². The molecular weight excluding hydrogens is 314 g/mol. The van der Waals surface area contributed by atoms with Gasteiger partial charge in [0.05, 0.1) is 18.1 Å². The van der Waals surface area contributed by atoms with Crippen molar-refractivity contribution in [1.29, 1.82) is 0 Å². The second-order valence-electron chi connectivity index (χ2n) is 5.50. The highest BCUT2D eigenvalue weighted by Gasteiger charge is 2.18. The predicted octanol–water partition coefficient (Wildman–Crippen LogP) is 1.73. The van der Waals surface area contributed by atoms with Crippen molar-refractivity contribution >= 4 is 23.2 Å². The van der Waals surface area contributed by atoms with Crippen molar-refractivity contribution in [3.63, 3.8) is 0 Å². The van der Waals surface area contributed by atoms with Crippen LogP contribution >= 0.6 is 0 Å². The molecule has 0 aliphatic carbocycles. The molecule has 24 heavy (non-hydrogen) atoms. The zero-order chi connectivity index (χ0) is 17.5. The Labute approximate surface area is 139 Å². The number of rotatable bonds is 6. The van der Waals surface area contributed by atoms with E-state index >= 15 is 0 Å². The van der Waals surface area contributed by atoms with Gasteiger partial charge in [-0.1, -0.05) is 13.0 Å². The zero-order valence-corrected chi connectivity index (χ0v) is 13.6. The number of nitrogens with one attached hydrogen (secondary N) is 1. The standard InChI is InChI=1S/C16H21N3O5/c1-2-12-3-4-13(11-14(12)19(22)23)17-15(20)5-6-16(21)18-7-9-24-10-8-18/h3-4,11H,2,5-10H2,1H3,(H,17,20). The number of morpholine rings is 1. The summed E-state index contributed by atoms with van der Waals surface area (Å²) in [4.78, 5) is 36.2. The van der Waals surface area contributed by atoms with Gasteiger partial charge in [-0.15, -0.1) is 0 Å². The predicted molar refractivity (Wildman–Crippen MR) is 87.7 cm³/mol. The largest absolute Gasteiger partial charge is 0.378 e. The number of ether oxygens (including phenoxy) is 1. The van der Waals surface area contributed by atoms with Crippen LogP contribution in [0.25, 0.3) is 0 Å². The quantitative estimate of drug-likeness (QED) is 0.630. The Hall–Kier alpha value is -2.48. The molecule has 1 saturated heterocycles. The lowest BCUT2D eigenvalue weighted by atomic mass is 10.1. The summed E-state index contributed by atoms with van der Waals surface area (Å²) in [6.45, 7) is 3.96.